The lowest BCUT2D eigenvalue weighted by Gasteiger charge is -2.17. The molecule has 0 bridgehead atoms. The Morgan fingerprint density at radius 3 is 2.70 bits per heavy atom. The summed E-state index contributed by atoms with van der Waals surface area (Å²) in [4.78, 5) is 36.9. The SMILES string of the molecule is C=C(CC(CC(=O)N1CCOC1=O)C(=O)OC)SCC. The summed E-state index contributed by atoms with van der Waals surface area (Å²) < 4.78 is 9.41. The Morgan fingerprint density at radius 1 is 1.50 bits per heavy atom. The van der Waals surface area contributed by atoms with Gasteiger partial charge in [-0.2, -0.15) is 0 Å². The highest BCUT2D eigenvalue weighted by Crippen LogP contribution is 2.25. The number of imide groups is 1. The second-order valence-electron chi connectivity index (χ2n) is 4.26. The summed E-state index contributed by atoms with van der Waals surface area (Å²) in [5.41, 5.74) is 0. The van der Waals surface area contributed by atoms with Gasteiger partial charge < -0.3 is 9.47 Å². The average molecular weight is 301 g/mol. The molecule has 1 aliphatic rings. The lowest BCUT2D eigenvalue weighted by Crippen LogP contribution is -2.34. The van der Waals surface area contributed by atoms with Crippen LogP contribution >= 0.6 is 11.8 Å². The van der Waals surface area contributed by atoms with E-state index in [2.05, 4.69) is 6.58 Å². The summed E-state index contributed by atoms with van der Waals surface area (Å²) in [7, 11) is 1.28. The standard InChI is InChI=1S/C13H19NO5S/c1-4-20-9(2)7-10(12(16)18-3)8-11(15)14-5-6-19-13(14)17/h10H,2,4-8H2,1,3H3. The average Bonchev–Trinajstić information content (AvgIpc) is 2.83. The Bertz CT molecular complexity index is 410. The minimum absolute atomic E-state index is 0.0783. The van der Waals surface area contributed by atoms with Crippen LogP contribution in [0, 0.1) is 5.92 Å². The van der Waals surface area contributed by atoms with Crippen LogP contribution in [0.2, 0.25) is 0 Å². The predicted molar refractivity (Wildman–Crippen MR) is 75.1 cm³/mol. The smallest absolute Gasteiger partial charge is 0.416 e. The molecule has 0 aromatic rings. The fourth-order valence-corrected chi connectivity index (χ4v) is 2.61. The minimum Gasteiger partial charge on any atom is -0.469 e. The van der Waals surface area contributed by atoms with Crippen molar-refractivity contribution in [3.8, 4) is 0 Å². The van der Waals surface area contributed by atoms with Gasteiger partial charge in [0.1, 0.15) is 6.61 Å². The topological polar surface area (TPSA) is 72.9 Å². The van der Waals surface area contributed by atoms with Gasteiger partial charge in [-0.3, -0.25) is 9.59 Å². The van der Waals surface area contributed by atoms with Crippen LogP contribution in [0.3, 0.4) is 0 Å². The zero-order valence-corrected chi connectivity index (χ0v) is 12.5. The number of esters is 1. The van der Waals surface area contributed by atoms with E-state index in [0.29, 0.717) is 6.42 Å². The lowest BCUT2D eigenvalue weighted by atomic mass is 10.0. The Morgan fingerprint density at radius 2 is 2.20 bits per heavy atom. The van der Waals surface area contributed by atoms with E-state index in [0.717, 1.165) is 15.6 Å². The highest BCUT2D eigenvalue weighted by molar-refractivity contribution is 8.03. The van der Waals surface area contributed by atoms with Crippen LogP contribution in [0.5, 0.6) is 0 Å². The number of rotatable bonds is 7. The maximum Gasteiger partial charge on any atom is 0.416 e. The number of hydrogen-bond acceptors (Lipinski definition) is 6. The largest absolute Gasteiger partial charge is 0.469 e. The van der Waals surface area contributed by atoms with Crippen LogP contribution in [0.1, 0.15) is 19.8 Å². The predicted octanol–water partition coefficient (Wildman–Crippen LogP) is 1.80. The molecule has 7 heteroatoms. The fraction of sp³-hybridized carbons (Fsp3) is 0.615. The molecule has 0 radical (unpaired) electrons. The molecular weight excluding hydrogens is 282 g/mol. The van der Waals surface area contributed by atoms with Gasteiger partial charge in [0.15, 0.2) is 0 Å². The maximum absolute atomic E-state index is 12.0. The van der Waals surface area contributed by atoms with Gasteiger partial charge in [-0.05, 0) is 17.1 Å². The number of hydrogen-bond donors (Lipinski definition) is 0. The van der Waals surface area contributed by atoms with E-state index >= 15 is 0 Å². The highest BCUT2D eigenvalue weighted by atomic mass is 32.2. The molecule has 0 saturated carbocycles. The summed E-state index contributed by atoms with van der Waals surface area (Å²) in [6.07, 6.45) is -0.370. The number of allylic oxidation sites excluding steroid dienone is 1. The fourth-order valence-electron chi connectivity index (χ4n) is 1.88. The molecule has 6 nitrogen and oxygen atoms in total. The molecule has 0 N–H and O–H groups in total. The van der Waals surface area contributed by atoms with Crippen molar-refractivity contribution in [2.75, 3.05) is 26.0 Å². The third kappa shape index (κ3) is 4.56. The van der Waals surface area contributed by atoms with Gasteiger partial charge in [-0.25, -0.2) is 9.69 Å². The first-order valence-corrected chi connectivity index (χ1v) is 7.33. The molecule has 1 heterocycles. The van der Waals surface area contributed by atoms with Crippen molar-refractivity contribution in [3.63, 3.8) is 0 Å². The molecule has 0 aliphatic carbocycles. The molecule has 2 amide bonds. The van der Waals surface area contributed by atoms with Crippen LogP contribution in [0.15, 0.2) is 11.5 Å². The number of carbonyl (C=O) groups is 3. The number of methoxy groups -OCH3 is 1. The van der Waals surface area contributed by atoms with Crippen molar-refractivity contribution in [3.05, 3.63) is 11.5 Å². The number of thioether (sulfide) groups is 1. The molecule has 0 spiro atoms. The number of cyclic esters (lactones) is 1. The molecule has 0 aromatic heterocycles. The third-order valence-corrected chi connectivity index (χ3v) is 3.70. The minimum atomic E-state index is -0.652. The summed E-state index contributed by atoms with van der Waals surface area (Å²) in [5, 5.41) is 0. The van der Waals surface area contributed by atoms with E-state index in [1.807, 2.05) is 6.92 Å². The van der Waals surface area contributed by atoms with Gasteiger partial charge in [0.2, 0.25) is 5.91 Å². The summed E-state index contributed by atoms with van der Waals surface area (Å²) >= 11 is 1.53. The quantitative estimate of drug-likeness (QED) is 0.668. The number of carbonyl (C=O) groups excluding carboxylic acids is 3. The molecule has 112 valence electrons. The van der Waals surface area contributed by atoms with Gasteiger partial charge in [-0.15, -0.1) is 11.8 Å². The first-order valence-electron chi connectivity index (χ1n) is 6.35. The third-order valence-electron chi connectivity index (χ3n) is 2.84. The van der Waals surface area contributed by atoms with Crippen LogP contribution in [0.25, 0.3) is 0 Å². The second kappa shape index (κ2) is 7.94. The van der Waals surface area contributed by atoms with Crippen molar-refractivity contribution in [1.29, 1.82) is 0 Å². The van der Waals surface area contributed by atoms with Crippen LogP contribution in [-0.2, 0) is 19.1 Å². The Labute approximate surface area is 122 Å². The maximum atomic E-state index is 12.0. The Hall–Kier alpha value is -1.50. The lowest BCUT2D eigenvalue weighted by molar-refractivity contribution is -0.148. The second-order valence-corrected chi connectivity index (χ2v) is 5.70. The highest BCUT2D eigenvalue weighted by Gasteiger charge is 2.32. The first-order chi connectivity index (χ1) is 9.49. The van der Waals surface area contributed by atoms with Crippen molar-refractivity contribution in [1.82, 2.24) is 4.90 Å². The molecular formula is C13H19NO5S. The Balaban J connectivity index is 2.64. The molecule has 1 unspecified atom stereocenters. The molecule has 1 saturated heterocycles. The van der Waals surface area contributed by atoms with Gasteiger partial charge >= 0.3 is 12.1 Å². The van der Waals surface area contributed by atoms with Gasteiger partial charge in [0, 0.05) is 6.42 Å². The first kappa shape index (κ1) is 16.6. The Kier molecular flexibility index (Phi) is 6.57. The van der Waals surface area contributed by atoms with Crippen LogP contribution < -0.4 is 0 Å². The zero-order valence-electron chi connectivity index (χ0n) is 11.7. The number of ether oxygens (including phenoxy) is 2. The summed E-state index contributed by atoms with van der Waals surface area (Å²) in [5.74, 6) is -0.660. The van der Waals surface area contributed by atoms with Crippen molar-refractivity contribution < 1.29 is 23.9 Å². The summed E-state index contributed by atoms with van der Waals surface area (Å²) in [6, 6.07) is 0. The van der Waals surface area contributed by atoms with Crippen LogP contribution in [0.4, 0.5) is 4.79 Å². The molecule has 0 aromatic carbocycles. The van der Waals surface area contributed by atoms with Gasteiger partial charge in [0.05, 0.1) is 19.6 Å². The molecule has 1 fully saturated rings. The van der Waals surface area contributed by atoms with Crippen molar-refractivity contribution in [2.24, 2.45) is 5.92 Å². The van der Waals surface area contributed by atoms with E-state index < -0.39 is 23.9 Å². The monoisotopic (exact) mass is 301 g/mol. The number of amides is 2. The molecule has 1 rings (SSSR count). The van der Waals surface area contributed by atoms with E-state index in [1.165, 1.54) is 18.9 Å². The zero-order chi connectivity index (χ0) is 15.1. The van der Waals surface area contributed by atoms with E-state index in [4.69, 9.17) is 9.47 Å². The summed E-state index contributed by atoms with van der Waals surface area (Å²) in [6.45, 7) is 6.27. The van der Waals surface area contributed by atoms with Crippen molar-refractivity contribution in [2.45, 2.75) is 19.8 Å². The van der Waals surface area contributed by atoms with Crippen molar-refractivity contribution >= 4 is 29.7 Å². The van der Waals surface area contributed by atoms with E-state index in [9.17, 15) is 14.4 Å². The number of nitrogens with zero attached hydrogens (tertiary/aromatic N) is 1. The molecule has 1 atom stereocenters. The van der Waals surface area contributed by atoms with E-state index in [1.54, 1.807) is 0 Å². The molecule has 20 heavy (non-hydrogen) atoms. The van der Waals surface area contributed by atoms with E-state index in [-0.39, 0.29) is 19.6 Å². The normalized spacial score (nSPS) is 15.7. The van der Waals surface area contributed by atoms with Gasteiger partial charge in [-0.1, -0.05) is 13.5 Å². The van der Waals surface area contributed by atoms with Gasteiger partial charge in [0.25, 0.3) is 0 Å². The van der Waals surface area contributed by atoms with Crippen LogP contribution in [-0.4, -0.2) is 48.9 Å². The molecule has 1 aliphatic heterocycles.